The predicted molar refractivity (Wildman–Crippen MR) is 53.1 cm³/mol. The SMILES string of the molecule is CN1CC(CCN)CCC1(C)C. The normalized spacial score (nSPS) is 30.5. The summed E-state index contributed by atoms with van der Waals surface area (Å²) in [6.45, 7) is 6.72. The average molecular weight is 170 g/mol. The number of nitrogens with zero attached hydrogens (tertiary/aromatic N) is 1. The number of nitrogens with two attached hydrogens (primary N) is 1. The molecule has 2 N–H and O–H groups in total. The molecule has 0 aromatic carbocycles. The largest absolute Gasteiger partial charge is 0.330 e. The Balaban J connectivity index is 2.41. The summed E-state index contributed by atoms with van der Waals surface area (Å²) in [4.78, 5) is 2.47. The van der Waals surface area contributed by atoms with Gasteiger partial charge in [-0.05, 0) is 52.6 Å². The Bertz CT molecular complexity index is 143. The van der Waals surface area contributed by atoms with Gasteiger partial charge in [-0.1, -0.05) is 0 Å². The minimum atomic E-state index is 0.408. The molecule has 1 unspecified atom stereocenters. The minimum absolute atomic E-state index is 0.408. The van der Waals surface area contributed by atoms with Crippen molar-refractivity contribution in [2.75, 3.05) is 20.1 Å². The summed E-state index contributed by atoms with van der Waals surface area (Å²) in [6.07, 6.45) is 3.86. The second-order valence-electron chi connectivity index (χ2n) is 4.68. The lowest BCUT2D eigenvalue weighted by Gasteiger charge is -2.43. The first kappa shape index (κ1) is 10.0. The van der Waals surface area contributed by atoms with Crippen molar-refractivity contribution in [3.8, 4) is 0 Å². The summed E-state index contributed by atoms with van der Waals surface area (Å²) in [7, 11) is 2.22. The molecule has 0 aromatic rings. The van der Waals surface area contributed by atoms with Gasteiger partial charge in [0.05, 0.1) is 0 Å². The van der Waals surface area contributed by atoms with Crippen LogP contribution in [0.5, 0.6) is 0 Å². The molecule has 1 atom stereocenters. The maximum absolute atomic E-state index is 5.55. The molecule has 1 aliphatic rings. The van der Waals surface area contributed by atoms with Crippen LogP contribution in [0.3, 0.4) is 0 Å². The van der Waals surface area contributed by atoms with Gasteiger partial charge < -0.3 is 10.6 Å². The van der Waals surface area contributed by atoms with E-state index in [1.807, 2.05) is 0 Å². The van der Waals surface area contributed by atoms with Crippen molar-refractivity contribution in [1.82, 2.24) is 4.90 Å². The highest BCUT2D eigenvalue weighted by molar-refractivity contribution is 4.86. The molecule has 1 fully saturated rings. The molecule has 1 saturated heterocycles. The van der Waals surface area contributed by atoms with Gasteiger partial charge in [0.1, 0.15) is 0 Å². The highest BCUT2D eigenvalue weighted by Gasteiger charge is 2.30. The van der Waals surface area contributed by atoms with Crippen molar-refractivity contribution < 1.29 is 0 Å². The van der Waals surface area contributed by atoms with Crippen LogP contribution in [0.2, 0.25) is 0 Å². The molecule has 1 heterocycles. The second-order valence-corrected chi connectivity index (χ2v) is 4.68. The zero-order chi connectivity index (χ0) is 9.19. The van der Waals surface area contributed by atoms with Crippen LogP contribution >= 0.6 is 0 Å². The summed E-state index contributed by atoms with van der Waals surface area (Å²) < 4.78 is 0. The molecule has 0 aliphatic carbocycles. The third-order valence-corrected chi connectivity index (χ3v) is 3.30. The van der Waals surface area contributed by atoms with Crippen LogP contribution in [0.4, 0.5) is 0 Å². The molecule has 1 rings (SSSR count). The molecule has 1 aliphatic heterocycles. The molecule has 0 amide bonds. The van der Waals surface area contributed by atoms with E-state index in [0.29, 0.717) is 5.54 Å². The fourth-order valence-corrected chi connectivity index (χ4v) is 1.95. The Morgan fingerprint density at radius 3 is 2.67 bits per heavy atom. The molecule has 72 valence electrons. The second kappa shape index (κ2) is 3.75. The van der Waals surface area contributed by atoms with Gasteiger partial charge in [-0.15, -0.1) is 0 Å². The summed E-state index contributed by atoms with van der Waals surface area (Å²) in [5.74, 6) is 0.841. The van der Waals surface area contributed by atoms with E-state index in [2.05, 4.69) is 25.8 Å². The van der Waals surface area contributed by atoms with Gasteiger partial charge in [-0.3, -0.25) is 0 Å². The van der Waals surface area contributed by atoms with Crippen molar-refractivity contribution in [3.63, 3.8) is 0 Å². The summed E-state index contributed by atoms with van der Waals surface area (Å²) in [6, 6.07) is 0. The monoisotopic (exact) mass is 170 g/mol. The van der Waals surface area contributed by atoms with E-state index < -0.39 is 0 Å². The Morgan fingerprint density at radius 1 is 1.50 bits per heavy atom. The predicted octanol–water partition coefficient (Wildman–Crippen LogP) is 1.46. The minimum Gasteiger partial charge on any atom is -0.330 e. The van der Waals surface area contributed by atoms with Gasteiger partial charge in [-0.25, -0.2) is 0 Å². The van der Waals surface area contributed by atoms with Crippen LogP contribution in [-0.4, -0.2) is 30.6 Å². The van der Waals surface area contributed by atoms with Gasteiger partial charge in [0.2, 0.25) is 0 Å². The summed E-state index contributed by atoms with van der Waals surface area (Å²) in [5.41, 5.74) is 5.96. The standard InChI is InChI=1S/C10H22N2/c1-10(2)6-4-9(5-7-11)8-12(10)3/h9H,4-8,11H2,1-3H3. The van der Waals surface area contributed by atoms with Gasteiger partial charge >= 0.3 is 0 Å². The van der Waals surface area contributed by atoms with E-state index in [-0.39, 0.29) is 0 Å². The molecule has 0 saturated carbocycles. The van der Waals surface area contributed by atoms with Crippen molar-refractivity contribution in [2.45, 2.75) is 38.6 Å². The van der Waals surface area contributed by atoms with Gasteiger partial charge in [-0.2, -0.15) is 0 Å². The Hall–Kier alpha value is -0.0800. The lowest BCUT2D eigenvalue weighted by molar-refractivity contribution is 0.0695. The van der Waals surface area contributed by atoms with Crippen molar-refractivity contribution in [1.29, 1.82) is 0 Å². The Labute approximate surface area is 76.1 Å². The number of hydrogen-bond donors (Lipinski definition) is 1. The van der Waals surface area contributed by atoms with Crippen molar-refractivity contribution >= 4 is 0 Å². The van der Waals surface area contributed by atoms with Crippen molar-refractivity contribution in [2.24, 2.45) is 11.7 Å². The van der Waals surface area contributed by atoms with Crippen molar-refractivity contribution in [3.05, 3.63) is 0 Å². The Kier molecular flexibility index (Phi) is 3.13. The first-order valence-electron chi connectivity index (χ1n) is 4.97. The average Bonchev–Trinajstić information content (AvgIpc) is 1.98. The molecular formula is C10H22N2. The van der Waals surface area contributed by atoms with Crippen LogP contribution in [0.15, 0.2) is 0 Å². The first-order valence-corrected chi connectivity index (χ1v) is 4.97. The van der Waals surface area contributed by atoms with E-state index in [1.165, 1.54) is 25.8 Å². The summed E-state index contributed by atoms with van der Waals surface area (Å²) >= 11 is 0. The molecule has 0 radical (unpaired) electrons. The maximum Gasteiger partial charge on any atom is 0.0150 e. The van der Waals surface area contributed by atoms with E-state index in [9.17, 15) is 0 Å². The van der Waals surface area contributed by atoms with Crippen LogP contribution in [0.25, 0.3) is 0 Å². The quantitative estimate of drug-likeness (QED) is 0.680. The van der Waals surface area contributed by atoms with E-state index in [4.69, 9.17) is 5.73 Å². The van der Waals surface area contributed by atoms with Gasteiger partial charge in [0.25, 0.3) is 0 Å². The van der Waals surface area contributed by atoms with Crippen LogP contribution in [0, 0.1) is 5.92 Å². The number of rotatable bonds is 2. The maximum atomic E-state index is 5.55. The third-order valence-electron chi connectivity index (χ3n) is 3.30. The van der Waals surface area contributed by atoms with E-state index in [1.54, 1.807) is 0 Å². The number of hydrogen-bond acceptors (Lipinski definition) is 2. The highest BCUT2D eigenvalue weighted by atomic mass is 15.2. The molecule has 12 heavy (non-hydrogen) atoms. The molecular weight excluding hydrogens is 148 g/mol. The molecule has 0 aromatic heterocycles. The molecule has 2 nitrogen and oxygen atoms in total. The van der Waals surface area contributed by atoms with Gasteiger partial charge in [0, 0.05) is 12.1 Å². The summed E-state index contributed by atoms with van der Waals surface area (Å²) in [5, 5.41) is 0. The number of piperidine rings is 1. The number of likely N-dealkylation sites (tertiary alicyclic amines) is 1. The zero-order valence-corrected chi connectivity index (χ0v) is 8.64. The molecule has 2 heteroatoms. The van der Waals surface area contributed by atoms with Crippen LogP contribution in [0.1, 0.15) is 33.1 Å². The van der Waals surface area contributed by atoms with Gasteiger partial charge in [0.15, 0.2) is 0 Å². The smallest absolute Gasteiger partial charge is 0.0150 e. The Morgan fingerprint density at radius 2 is 2.17 bits per heavy atom. The highest BCUT2D eigenvalue weighted by Crippen LogP contribution is 2.29. The lowest BCUT2D eigenvalue weighted by Crippen LogP contribution is -2.48. The van der Waals surface area contributed by atoms with Crippen LogP contribution < -0.4 is 5.73 Å². The van der Waals surface area contributed by atoms with E-state index in [0.717, 1.165) is 12.5 Å². The van der Waals surface area contributed by atoms with E-state index >= 15 is 0 Å². The third kappa shape index (κ3) is 2.20. The molecule has 0 bridgehead atoms. The topological polar surface area (TPSA) is 29.3 Å². The zero-order valence-electron chi connectivity index (χ0n) is 8.64. The fraction of sp³-hybridized carbons (Fsp3) is 1.00. The lowest BCUT2D eigenvalue weighted by atomic mass is 9.84. The molecule has 0 spiro atoms. The first-order chi connectivity index (χ1) is 5.56. The van der Waals surface area contributed by atoms with Crippen LogP contribution in [-0.2, 0) is 0 Å². The fourth-order valence-electron chi connectivity index (χ4n) is 1.95.